The average molecular weight is 384 g/mol. The second-order valence-corrected chi connectivity index (χ2v) is 7.79. The Labute approximate surface area is 157 Å². The quantitative estimate of drug-likeness (QED) is 0.529. The van der Waals surface area contributed by atoms with Crippen LogP contribution in [0.3, 0.4) is 0 Å². The SMILES string of the molecule is CC(C)c1nc2ccccc2c2nnc(SCC(=O)Nc3nccs3)n12. The summed E-state index contributed by atoms with van der Waals surface area (Å²) in [5.41, 5.74) is 1.66. The van der Waals surface area contributed by atoms with E-state index in [9.17, 15) is 4.79 Å². The average Bonchev–Trinajstić information content (AvgIpc) is 3.29. The van der Waals surface area contributed by atoms with Gasteiger partial charge in [0.25, 0.3) is 0 Å². The van der Waals surface area contributed by atoms with E-state index < -0.39 is 0 Å². The maximum absolute atomic E-state index is 12.1. The number of nitrogens with one attached hydrogen (secondary N) is 1. The topological polar surface area (TPSA) is 85.1 Å². The van der Waals surface area contributed by atoms with E-state index in [1.165, 1.54) is 23.1 Å². The number of para-hydroxylation sites is 1. The van der Waals surface area contributed by atoms with Crippen molar-refractivity contribution in [3.05, 3.63) is 41.7 Å². The highest BCUT2D eigenvalue weighted by Crippen LogP contribution is 2.27. The summed E-state index contributed by atoms with van der Waals surface area (Å²) in [6.07, 6.45) is 1.66. The Balaban J connectivity index is 1.67. The molecule has 0 aliphatic carbocycles. The first-order chi connectivity index (χ1) is 12.6. The van der Waals surface area contributed by atoms with Crippen LogP contribution in [0.25, 0.3) is 16.6 Å². The number of carbonyl (C=O) groups excluding carboxylic acids is 1. The molecule has 4 rings (SSSR count). The monoisotopic (exact) mass is 384 g/mol. The lowest BCUT2D eigenvalue weighted by molar-refractivity contribution is -0.113. The van der Waals surface area contributed by atoms with Crippen molar-refractivity contribution in [2.24, 2.45) is 0 Å². The lowest BCUT2D eigenvalue weighted by atomic mass is 10.2. The summed E-state index contributed by atoms with van der Waals surface area (Å²) in [5, 5.41) is 15.5. The lowest BCUT2D eigenvalue weighted by Gasteiger charge is -2.11. The third-order valence-corrected chi connectivity index (χ3v) is 5.39. The van der Waals surface area contributed by atoms with Gasteiger partial charge in [-0.15, -0.1) is 21.5 Å². The van der Waals surface area contributed by atoms with Gasteiger partial charge in [0.2, 0.25) is 5.91 Å². The van der Waals surface area contributed by atoms with Crippen LogP contribution >= 0.6 is 23.1 Å². The number of fused-ring (bicyclic) bond motifs is 3. The Kier molecular flexibility index (Phi) is 4.56. The predicted octanol–water partition coefficient (Wildman–Crippen LogP) is 3.59. The van der Waals surface area contributed by atoms with E-state index in [0.717, 1.165) is 22.4 Å². The first-order valence-electron chi connectivity index (χ1n) is 8.09. The zero-order valence-electron chi connectivity index (χ0n) is 14.2. The molecule has 0 bridgehead atoms. The normalized spacial score (nSPS) is 11.5. The molecule has 132 valence electrons. The fourth-order valence-electron chi connectivity index (χ4n) is 2.64. The zero-order valence-corrected chi connectivity index (χ0v) is 15.8. The van der Waals surface area contributed by atoms with Crippen LogP contribution in [0, 0.1) is 0 Å². The second-order valence-electron chi connectivity index (χ2n) is 5.96. The molecule has 0 aliphatic heterocycles. The highest BCUT2D eigenvalue weighted by molar-refractivity contribution is 7.99. The molecule has 26 heavy (non-hydrogen) atoms. The van der Waals surface area contributed by atoms with Gasteiger partial charge in [-0.2, -0.15) is 0 Å². The van der Waals surface area contributed by atoms with Crippen LogP contribution in [0.5, 0.6) is 0 Å². The van der Waals surface area contributed by atoms with Crippen LogP contribution in [0.1, 0.15) is 25.6 Å². The Morgan fingerprint density at radius 3 is 2.92 bits per heavy atom. The molecule has 0 unspecified atom stereocenters. The van der Waals surface area contributed by atoms with Gasteiger partial charge >= 0.3 is 0 Å². The van der Waals surface area contributed by atoms with Crippen molar-refractivity contribution < 1.29 is 4.79 Å². The van der Waals surface area contributed by atoms with E-state index in [2.05, 4.69) is 34.3 Å². The number of amides is 1. The highest BCUT2D eigenvalue weighted by Gasteiger charge is 2.18. The molecule has 0 atom stereocenters. The number of aromatic nitrogens is 5. The minimum absolute atomic E-state index is 0.124. The maximum Gasteiger partial charge on any atom is 0.236 e. The molecule has 1 amide bonds. The number of hydrogen-bond acceptors (Lipinski definition) is 7. The van der Waals surface area contributed by atoms with E-state index in [1.54, 1.807) is 6.20 Å². The summed E-state index contributed by atoms with van der Waals surface area (Å²) in [6, 6.07) is 7.89. The molecular formula is C17H16N6OS2. The lowest BCUT2D eigenvalue weighted by Crippen LogP contribution is -2.14. The van der Waals surface area contributed by atoms with Gasteiger partial charge in [-0.1, -0.05) is 37.7 Å². The fourth-order valence-corrected chi connectivity index (χ4v) is 3.92. The second kappa shape index (κ2) is 7.00. The van der Waals surface area contributed by atoms with Crippen LogP contribution in [-0.2, 0) is 4.79 Å². The van der Waals surface area contributed by atoms with E-state index >= 15 is 0 Å². The molecule has 3 aromatic heterocycles. The minimum atomic E-state index is -0.124. The van der Waals surface area contributed by atoms with Crippen molar-refractivity contribution in [1.29, 1.82) is 0 Å². The van der Waals surface area contributed by atoms with Crippen molar-refractivity contribution in [3.8, 4) is 0 Å². The van der Waals surface area contributed by atoms with Gasteiger partial charge in [0.05, 0.1) is 11.3 Å². The molecule has 0 saturated carbocycles. The number of nitrogens with zero attached hydrogens (tertiary/aromatic N) is 5. The number of benzene rings is 1. The Hall–Kier alpha value is -2.52. The Morgan fingerprint density at radius 2 is 2.15 bits per heavy atom. The van der Waals surface area contributed by atoms with E-state index in [1.807, 2.05) is 34.0 Å². The number of thiazole rings is 1. The summed E-state index contributed by atoms with van der Waals surface area (Å²) < 4.78 is 1.95. The molecule has 3 heterocycles. The summed E-state index contributed by atoms with van der Waals surface area (Å²) in [5.74, 6) is 1.18. The summed E-state index contributed by atoms with van der Waals surface area (Å²) in [6.45, 7) is 4.17. The molecule has 0 spiro atoms. The van der Waals surface area contributed by atoms with Crippen LogP contribution in [0.2, 0.25) is 0 Å². The van der Waals surface area contributed by atoms with Crippen LogP contribution < -0.4 is 5.32 Å². The van der Waals surface area contributed by atoms with Crippen LogP contribution in [0.15, 0.2) is 41.0 Å². The third kappa shape index (κ3) is 3.15. The van der Waals surface area contributed by atoms with Crippen molar-refractivity contribution in [2.45, 2.75) is 24.9 Å². The van der Waals surface area contributed by atoms with Crippen LogP contribution in [-0.4, -0.2) is 36.2 Å². The minimum Gasteiger partial charge on any atom is -0.301 e. The molecule has 1 N–H and O–H groups in total. The van der Waals surface area contributed by atoms with Crippen molar-refractivity contribution in [1.82, 2.24) is 24.6 Å². The third-order valence-electron chi connectivity index (χ3n) is 3.77. The molecule has 0 aliphatic rings. The van der Waals surface area contributed by atoms with E-state index in [0.29, 0.717) is 10.3 Å². The van der Waals surface area contributed by atoms with Gasteiger partial charge in [-0.05, 0) is 12.1 Å². The molecule has 0 radical (unpaired) electrons. The maximum atomic E-state index is 12.1. The number of thioether (sulfide) groups is 1. The summed E-state index contributed by atoms with van der Waals surface area (Å²) in [4.78, 5) is 21.0. The molecule has 9 heteroatoms. The number of carbonyl (C=O) groups is 1. The molecule has 4 aromatic rings. The molecule has 7 nitrogen and oxygen atoms in total. The van der Waals surface area contributed by atoms with Gasteiger partial charge in [-0.25, -0.2) is 9.97 Å². The van der Waals surface area contributed by atoms with Crippen molar-refractivity contribution >= 4 is 50.7 Å². The van der Waals surface area contributed by atoms with Crippen molar-refractivity contribution in [3.63, 3.8) is 0 Å². The molecule has 0 saturated heterocycles. The highest BCUT2D eigenvalue weighted by atomic mass is 32.2. The zero-order chi connectivity index (χ0) is 18.1. The fraction of sp³-hybridized carbons (Fsp3) is 0.235. The number of hydrogen-bond donors (Lipinski definition) is 1. The van der Waals surface area contributed by atoms with Gasteiger partial charge in [0, 0.05) is 22.9 Å². The standard InChI is InChI=1S/C17H16N6OS2/c1-10(2)14-19-12-6-4-3-5-11(12)15-21-22-17(23(14)15)26-9-13(24)20-16-18-7-8-25-16/h3-8,10H,9H2,1-2H3,(H,18,20,24). The number of anilines is 1. The predicted molar refractivity (Wildman–Crippen MR) is 104 cm³/mol. The first kappa shape index (κ1) is 16.9. The Morgan fingerprint density at radius 1 is 1.31 bits per heavy atom. The molecule has 0 fully saturated rings. The van der Waals surface area contributed by atoms with Gasteiger partial charge in [0.15, 0.2) is 15.9 Å². The first-order valence-corrected chi connectivity index (χ1v) is 9.96. The largest absolute Gasteiger partial charge is 0.301 e. The smallest absolute Gasteiger partial charge is 0.236 e. The van der Waals surface area contributed by atoms with Gasteiger partial charge in [-0.3, -0.25) is 9.20 Å². The summed E-state index contributed by atoms with van der Waals surface area (Å²) >= 11 is 2.73. The number of rotatable bonds is 5. The van der Waals surface area contributed by atoms with E-state index in [-0.39, 0.29) is 17.6 Å². The van der Waals surface area contributed by atoms with E-state index in [4.69, 9.17) is 4.98 Å². The van der Waals surface area contributed by atoms with Gasteiger partial charge < -0.3 is 5.32 Å². The summed E-state index contributed by atoms with van der Waals surface area (Å²) in [7, 11) is 0. The van der Waals surface area contributed by atoms with Crippen LogP contribution in [0.4, 0.5) is 5.13 Å². The van der Waals surface area contributed by atoms with Crippen molar-refractivity contribution in [2.75, 3.05) is 11.1 Å². The molecular weight excluding hydrogens is 368 g/mol. The molecule has 1 aromatic carbocycles. The van der Waals surface area contributed by atoms with Gasteiger partial charge in [0.1, 0.15) is 5.82 Å². The Bertz CT molecular complexity index is 1070.